The van der Waals surface area contributed by atoms with Gasteiger partial charge in [-0.2, -0.15) is 0 Å². The Kier molecular flexibility index (Phi) is 7.04. The maximum absolute atomic E-state index is 12.7. The summed E-state index contributed by atoms with van der Waals surface area (Å²) in [5.41, 5.74) is 1.87. The molecule has 178 valence electrons. The molecular formula is C23H27F3N4O3. The molecule has 0 radical (unpaired) electrons. The van der Waals surface area contributed by atoms with Crippen molar-refractivity contribution in [1.82, 2.24) is 19.7 Å². The molecule has 0 unspecified atom stereocenters. The number of aromatic amines is 1. The van der Waals surface area contributed by atoms with E-state index in [1.54, 1.807) is 29.3 Å². The number of hydrogen-bond donors (Lipinski definition) is 1. The Morgan fingerprint density at radius 3 is 2.21 bits per heavy atom. The van der Waals surface area contributed by atoms with Crippen molar-refractivity contribution in [3.8, 4) is 5.75 Å². The van der Waals surface area contributed by atoms with Gasteiger partial charge in [-0.25, -0.2) is 0 Å². The van der Waals surface area contributed by atoms with E-state index in [4.69, 9.17) is 0 Å². The van der Waals surface area contributed by atoms with E-state index in [1.807, 2.05) is 0 Å². The van der Waals surface area contributed by atoms with E-state index in [0.29, 0.717) is 30.9 Å². The average Bonchev–Trinajstić information content (AvgIpc) is 3.48. The number of halogens is 3. The molecule has 0 bridgehead atoms. The molecule has 0 spiro atoms. The average molecular weight is 464 g/mol. The Bertz CT molecular complexity index is 960. The largest absolute Gasteiger partial charge is 0.573 e. The second kappa shape index (κ2) is 9.96. The van der Waals surface area contributed by atoms with Crippen molar-refractivity contribution in [2.75, 3.05) is 45.8 Å². The quantitative estimate of drug-likeness (QED) is 0.638. The number of piperazine rings is 1. The zero-order valence-corrected chi connectivity index (χ0v) is 18.2. The summed E-state index contributed by atoms with van der Waals surface area (Å²) in [7, 11) is 0. The van der Waals surface area contributed by atoms with Gasteiger partial charge in [-0.3, -0.25) is 19.4 Å². The summed E-state index contributed by atoms with van der Waals surface area (Å²) in [4.78, 5) is 34.1. The third-order valence-electron chi connectivity index (χ3n) is 6.02. The molecule has 4 rings (SSSR count). The van der Waals surface area contributed by atoms with Gasteiger partial charge in [-0.15, -0.1) is 13.2 Å². The van der Waals surface area contributed by atoms with E-state index in [2.05, 4.69) is 19.5 Å². The first kappa shape index (κ1) is 23.3. The summed E-state index contributed by atoms with van der Waals surface area (Å²) in [5, 5.41) is 0. The number of nitrogens with one attached hydrogen (secondary N) is 1. The fourth-order valence-corrected chi connectivity index (χ4v) is 4.22. The van der Waals surface area contributed by atoms with Gasteiger partial charge in [0.2, 0.25) is 0 Å². The number of ketones is 1. The van der Waals surface area contributed by atoms with Crippen LogP contribution in [-0.2, 0) is 6.54 Å². The van der Waals surface area contributed by atoms with Crippen LogP contribution in [0.3, 0.4) is 0 Å². The Morgan fingerprint density at radius 2 is 1.58 bits per heavy atom. The SMILES string of the molecule is O=C(CN1CCN(Cc2ccc(OC(F)(F)F)cc2)CC1)c1c[nH]c(C(=O)N2CCCC2)c1. The lowest BCUT2D eigenvalue weighted by molar-refractivity contribution is -0.274. The highest BCUT2D eigenvalue weighted by Crippen LogP contribution is 2.23. The van der Waals surface area contributed by atoms with Crippen molar-refractivity contribution in [2.45, 2.75) is 25.7 Å². The van der Waals surface area contributed by atoms with E-state index < -0.39 is 6.36 Å². The number of rotatable bonds is 7. The normalized spacial score (nSPS) is 18.0. The number of alkyl halides is 3. The minimum Gasteiger partial charge on any atom is -0.406 e. The van der Waals surface area contributed by atoms with E-state index in [9.17, 15) is 22.8 Å². The number of amides is 1. The van der Waals surface area contributed by atoms with E-state index in [-0.39, 0.29) is 24.0 Å². The van der Waals surface area contributed by atoms with Gasteiger partial charge in [0.25, 0.3) is 5.91 Å². The Hall–Kier alpha value is -2.85. The fraction of sp³-hybridized carbons (Fsp3) is 0.478. The van der Waals surface area contributed by atoms with Crippen LogP contribution < -0.4 is 4.74 Å². The zero-order chi connectivity index (χ0) is 23.4. The predicted octanol–water partition coefficient (Wildman–Crippen LogP) is 3.15. The van der Waals surface area contributed by atoms with Crippen molar-refractivity contribution in [1.29, 1.82) is 0 Å². The number of benzene rings is 1. The Morgan fingerprint density at radius 1 is 0.939 bits per heavy atom. The molecule has 0 atom stereocenters. The van der Waals surface area contributed by atoms with Crippen molar-refractivity contribution >= 4 is 11.7 Å². The van der Waals surface area contributed by atoms with Crippen LogP contribution in [0.4, 0.5) is 13.2 Å². The van der Waals surface area contributed by atoms with Crippen LogP contribution in [-0.4, -0.2) is 83.5 Å². The molecule has 2 aliphatic rings. The molecule has 10 heteroatoms. The van der Waals surface area contributed by atoms with E-state index >= 15 is 0 Å². The van der Waals surface area contributed by atoms with Crippen LogP contribution in [0.1, 0.15) is 39.3 Å². The minimum atomic E-state index is -4.69. The number of H-pyrrole nitrogens is 1. The van der Waals surface area contributed by atoms with E-state index in [0.717, 1.165) is 44.6 Å². The van der Waals surface area contributed by atoms with Crippen LogP contribution in [0.15, 0.2) is 36.5 Å². The summed E-state index contributed by atoms with van der Waals surface area (Å²) in [6.45, 7) is 5.35. The first-order valence-corrected chi connectivity index (χ1v) is 11.1. The smallest absolute Gasteiger partial charge is 0.406 e. The third kappa shape index (κ3) is 6.35. The summed E-state index contributed by atoms with van der Waals surface area (Å²) < 4.78 is 40.7. The number of ether oxygens (including phenoxy) is 1. The molecule has 7 nitrogen and oxygen atoms in total. The molecule has 0 aliphatic carbocycles. The summed E-state index contributed by atoms with van der Waals surface area (Å²) >= 11 is 0. The number of aromatic nitrogens is 1. The number of hydrogen-bond acceptors (Lipinski definition) is 5. The molecular weight excluding hydrogens is 437 g/mol. The molecule has 1 amide bonds. The Balaban J connectivity index is 1.22. The first-order valence-electron chi connectivity index (χ1n) is 11.1. The van der Waals surface area contributed by atoms with Gasteiger partial charge < -0.3 is 14.6 Å². The highest BCUT2D eigenvalue weighted by Gasteiger charge is 2.31. The lowest BCUT2D eigenvalue weighted by atomic mass is 10.1. The van der Waals surface area contributed by atoms with Gasteiger partial charge in [0.1, 0.15) is 11.4 Å². The number of likely N-dealkylation sites (tertiary alicyclic amines) is 1. The molecule has 2 saturated heterocycles. The van der Waals surface area contributed by atoms with Crippen molar-refractivity contribution in [3.05, 3.63) is 53.3 Å². The van der Waals surface area contributed by atoms with Gasteiger partial charge >= 0.3 is 6.36 Å². The number of carbonyl (C=O) groups is 2. The number of nitrogens with zero attached hydrogens (tertiary/aromatic N) is 3. The van der Waals surface area contributed by atoms with Crippen LogP contribution in [0, 0.1) is 0 Å². The maximum atomic E-state index is 12.7. The standard InChI is InChI=1S/C23H27F3N4O3/c24-23(25,26)33-19-5-3-17(4-6-19)15-28-9-11-29(12-10-28)16-21(31)18-13-20(27-14-18)22(32)30-7-1-2-8-30/h3-6,13-14,27H,1-2,7-12,15-16H2. The molecule has 1 N–H and O–H groups in total. The van der Waals surface area contributed by atoms with Crippen molar-refractivity contribution < 1.29 is 27.5 Å². The van der Waals surface area contributed by atoms with E-state index in [1.165, 1.54) is 12.1 Å². The van der Waals surface area contributed by atoms with Crippen LogP contribution in [0.25, 0.3) is 0 Å². The predicted molar refractivity (Wildman–Crippen MR) is 115 cm³/mol. The van der Waals surface area contributed by atoms with Gasteiger partial charge in [-0.05, 0) is 36.6 Å². The van der Waals surface area contributed by atoms with Gasteiger partial charge in [0, 0.05) is 57.6 Å². The summed E-state index contributed by atoms with van der Waals surface area (Å²) in [6, 6.07) is 7.54. The molecule has 2 aromatic rings. The second-order valence-corrected chi connectivity index (χ2v) is 8.47. The highest BCUT2D eigenvalue weighted by atomic mass is 19.4. The van der Waals surface area contributed by atoms with Gasteiger partial charge in [-0.1, -0.05) is 12.1 Å². The second-order valence-electron chi connectivity index (χ2n) is 8.47. The number of Topliss-reactive ketones (excluding diaryl/α,β-unsaturated/α-hetero) is 1. The van der Waals surface area contributed by atoms with Gasteiger partial charge in [0.05, 0.1) is 6.54 Å². The molecule has 2 fully saturated rings. The first-order chi connectivity index (χ1) is 15.8. The third-order valence-corrected chi connectivity index (χ3v) is 6.02. The summed E-state index contributed by atoms with van der Waals surface area (Å²) in [5.74, 6) is -0.316. The highest BCUT2D eigenvalue weighted by molar-refractivity contribution is 6.01. The molecule has 33 heavy (non-hydrogen) atoms. The lowest BCUT2D eigenvalue weighted by Crippen LogP contribution is -2.47. The van der Waals surface area contributed by atoms with Crippen LogP contribution in [0.5, 0.6) is 5.75 Å². The number of carbonyl (C=O) groups excluding carboxylic acids is 2. The van der Waals surface area contributed by atoms with Crippen molar-refractivity contribution in [3.63, 3.8) is 0 Å². The molecule has 1 aromatic heterocycles. The Labute approximate surface area is 190 Å². The monoisotopic (exact) mass is 464 g/mol. The van der Waals surface area contributed by atoms with Gasteiger partial charge in [0.15, 0.2) is 5.78 Å². The molecule has 0 saturated carbocycles. The molecule has 1 aromatic carbocycles. The summed E-state index contributed by atoms with van der Waals surface area (Å²) in [6.07, 6.45) is -1.06. The fourth-order valence-electron chi connectivity index (χ4n) is 4.22. The van der Waals surface area contributed by atoms with Crippen molar-refractivity contribution in [2.24, 2.45) is 0 Å². The topological polar surface area (TPSA) is 68.9 Å². The van der Waals surface area contributed by atoms with Crippen LogP contribution >= 0.6 is 0 Å². The lowest BCUT2D eigenvalue weighted by Gasteiger charge is -2.34. The minimum absolute atomic E-state index is 0.0274. The maximum Gasteiger partial charge on any atom is 0.573 e. The molecule has 3 heterocycles. The molecule has 2 aliphatic heterocycles. The van der Waals surface area contributed by atoms with Crippen LogP contribution in [0.2, 0.25) is 0 Å². The zero-order valence-electron chi connectivity index (χ0n) is 18.2.